The largest absolute Gasteiger partial charge is 0.494 e. The number of fused-ring (bicyclic) bond motifs is 2. The molecule has 5 atom stereocenters. The third-order valence-corrected chi connectivity index (χ3v) is 5.29. The highest BCUT2D eigenvalue weighted by atomic mass is 16.7. The van der Waals surface area contributed by atoms with Crippen LogP contribution in [0.15, 0.2) is 11.8 Å². The van der Waals surface area contributed by atoms with Gasteiger partial charge in [0.2, 0.25) is 0 Å². The maximum atomic E-state index is 12.4. The van der Waals surface area contributed by atoms with Crippen LogP contribution in [0.3, 0.4) is 0 Å². The molecule has 6 nitrogen and oxygen atoms in total. The lowest BCUT2D eigenvalue weighted by Crippen LogP contribution is -2.62. The van der Waals surface area contributed by atoms with E-state index in [2.05, 4.69) is 0 Å². The van der Waals surface area contributed by atoms with E-state index < -0.39 is 22.8 Å². The summed E-state index contributed by atoms with van der Waals surface area (Å²) in [5.41, 5.74) is -2.28. The van der Waals surface area contributed by atoms with Crippen LogP contribution in [0.4, 0.5) is 0 Å². The third-order valence-electron chi connectivity index (χ3n) is 5.29. The Hall–Kier alpha value is -1.40. The second-order valence-corrected chi connectivity index (χ2v) is 6.16. The van der Waals surface area contributed by atoms with Crippen LogP contribution in [0, 0.1) is 11.3 Å². The second kappa shape index (κ2) is 3.62. The van der Waals surface area contributed by atoms with Gasteiger partial charge in [0, 0.05) is 5.92 Å². The molecule has 0 saturated carbocycles. The number of hydrogen-bond donors (Lipinski definition) is 1. The van der Waals surface area contributed by atoms with E-state index in [0.29, 0.717) is 6.42 Å². The fraction of sp³-hybridized carbons (Fsp3) is 0.714. The highest BCUT2D eigenvalue weighted by Gasteiger charge is 2.76. The molecule has 0 aromatic rings. The molecule has 3 rings (SSSR count). The average Bonchev–Trinajstić information content (AvgIpc) is 2.91. The number of Topliss-reactive ketones (excluding diaryl/α,β-unsaturated/α-hetero) is 1. The van der Waals surface area contributed by atoms with Crippen LogP contribution in [0.1, 0.15) is 27.2 Å². The molecule has 20 heavy (non-hydrogen) atoms. The number of ketones is 1. The second-order valence-electron chi connectivity index (χ2n) is 6.16. The lowest BCUT2D eigenvalue weighted by atomic mass is 9.59. The van der Waals surface area contributed by atoms with Crippen molar-refractivity contribution in [2.45, 2.75) is 44.7 Å². The molecule has 2 saturated heterocycles. The van der Waals surface area contributed by atoms with E-state index in [1.165, 1.54) is 7.11 Å². The van der Waals surface area contributed by atoms with Crippen LogP contribution in [-0.4, -0.2) is 41.5 Å². The van der Waals surface area contributed by atoms with Crippen molar-refractivity contribution in [2.24, 2.45) is 11.3 Å². The van der Waals surface area contributed by atoms with Gasteiger partial charge in [-0.15, -0.1) is 0 Å². The number of carbonyl (C=O) groups is 2. The normalized spacial score (nSPS) is 50.4. The number of carbonyl (C=O) groups excluding carboxylic acids is 2. The molecular formula is C14H18O6. The minimum Gasteiger partial charge on any atom is -0.494 e. The van der Waals surface area contributed by atoms with Gasteiger partial charge in [-0.05, 0) is 20.3 Å². The number of esters is 1. The highest BCUT2D eigenvalue weighted by molar-refractivity contribution is 5.94. The van der Waals surface area contributed by atoms with E-state index >= 15 is 0 Å². The van der Waals surface area contributed by atoms with E-state index in [9.17, 15) is 14.7 Å². The minimum atomic E-state index is -1.97. The van der Waals surface area contributed by atoms with Crippen molar-refractivity contribution in [3.05, 3.63) is 11.8 Å². The molecule has 3 heterocycles. The van der Waals surface area contributed by atoms with Gasteiger partial charge in [-0.3, -0.25) is 4.79 Å². The maximum absolute atomic E-state index is 12.4. The van der Waals surface area contributed by atoms with Crippen molar-refractivity contribution in [3.8, 4) is 0 Å². The number of methoxy groups -OCH3 is 1. The van der Waals surface area contributed by atoms with Crippen LogP contribution in [0.25, 0.3) is 0 Å². The molecule has 6 heteroatoms. The first-order valence-electron chi connectivity index (χ1n) is 6.63. The van der Waals surface area contributed by atoms with E-state index in [0.717, 1.165) is 6.08 Å². The molecule has 0 spiro atoms. The molecule has 0 aromatic carbocycles. The van der Waals surface area contributed by atoms with Crippen molar-refractivity contribution >= 4 is 11.8 Å². The molecule has 2 fully saturated rings. The summed E-state index contributed by atoms with van der Waals surface area (Å²) in [7, 11) is 1.35. The molecule has 0 radical (unpaired) electrons. The molecular weight excluding hydrogens is 264 g/mol. The molecule has 0 aliphatic carbocycles. The standard InChI is InChI=1S/C14H18O6/c1-7-8-6-12(2,13(3,19-8)11(7)16)14(17)9(18-4)5-10(15)20-14/h5,7-8,17H,6H2,1-4H3. The zero-order valence-electron chi connectivity index (χ0n) is 11.9. The van der Waals surface area contributed by atoms with E-state index in [-0.39, 0.29) is 23.6 Å². The van der Waals surface area contributed by atoms with Crippen molar-refractivity contribution in [1.29, 1.82) is 0 Å². The number of cyclic esters (lactones) is 1. The Kier molecular flexibility index (Phi) is 2.46. The van der Waals surface area contributed by atoms with Gasteiger partial charge in [-0.2, -0.15) is 0 Å². The van der Waals surface area contributed by atoms with Gasteiger partial charge in [-0.1, -0.05) is 6.92 Å². The van der Waals surface area contributed by atoms with Gasteiger partial charge < -0.3 is 19.3 Å². The summed E-state index contributed by atoms with van der Waals surface area (Å²) in [5.74, 6) is -2.94. The zero-order chi connectivity index (χ0) is 14.9. The number of rotatable bonds is 2. The first-order chi connectivity index (χ1) is 9.19. The Morgan fingerprint density at radius 2 is 2.05 bits per heavy atom. The third kappa shape index (κ3) is 1.22. The van der Waals surface area contributed by atoms with Crippen molar-refractivity contribution < 1.29 is 28.9 Å². The fourth-order valence-electron chi connectivity index (χ4n) is 3.76. The minimum absolute atomic E-state index is 0.0165. The van der Waals surface area contributed by atoms with Crippen molar-refractivity contribution in [2.75, 3.05) is 7.11 Å². The molecule has 0 amide bonds. The Balaban J connectivity index is 2.09. The molecule has 3 aliphatic rings. The maximum Gasteiger partial charge on any atom is 0.337 e. The van der Waals surface area contributed by atoms with Crippen molar-refractivity contribution in [1.82, 2.24) is 0 Å². The summed E-state index contributed by atoms with van der Waals surface area (Å²) >= 11 is 0. The Labute approximate surface area is 116 Å². The van der Waals surface area contributed by atoms with Crippen LogP contribution in [0.2, 0.25) is 0 Å². The van der Waals surface area contributed by atoms with Gasteiger partial charge in [0.05, 0.1) is 24.7 Å². The lowest BCUT2D eigenvalue weighted by molar-refractivity contribution is -0.260. The molecule has 110 valence electrons. The van der Waals surface area contributed by atoms with Crippen LogP contribution >= 0.6 is 0 Å². The first kappa shape index (κ1) is 13.6. The molecule has 3 aliphatic heterocycles. The van der Waals surface area contributed by atoms with Gasteiger partial charge in [0.1, 0.15) is 5.60 Å². The summed E-state index contributed by atoms with van der Waals surface area (Å²) < 4.78 is 16.0. The Morgan fingerprint density at radius 1 is 1.40 bits per heavy atom. The number of ether oxygens (including phenoxy) is 3. The summed E-state index contributed by atoms with van der Waals surface area (Å²) in [6.45, 7) is 5.16. The monoisotopic (exact) mass is 282 g/mol. The van der Waals surface area contributed by atoms with E-state index in [1.807, 2.05) is 6.92 Å². The number of hydrogen-bond acceptors (Lipinski definition) is 6. The molecule has 2 bridgehead atoms. The topological polar surface area (TPSA) is 82.1 Å². The Morgan fingerprint density at radius 3 is 2.55 bits per heavy atom. The van der Waals surface area contributed by atoms with Gasteiger partial charge in [0.25, 0.3) is 5.79 Å². The van der Waals surface area contributed by atoms with E-state index in [4.69, 9.17) is 14.2 Å². The first-order valence-corrected chi connectivity index (χ1v) is 6.63. The van der Waals surface area contributed by atoms with E-state index in [1.54, 1.807) is 13.8 Å². The fourth-order valence-corrected chi connectivity index (χ4v) is 3.76. The Bertz CT molecular complexity index is 540. The van der Waals surface area contributed by atoms with Gasteiger partial charge in [0.15, 0.2) is 11.5 Å². The summed E-state index contributed by atoms with van der Waals surface area (Å²) in [6.07, 6.45) is 1.24. The average molecular weight is 282 g/mol. The predicted molar refractivity (Wildman–Crippen MR) is 66.3 cm³/mol. The molecule has 1 N–H and O–H groups in total. The molecule has 0 aromatic heterocycles. The predicted octanol–water partition coefficient (Wildman–Crippen LogP) is 0.535. The quantitative estimate of drug-likeness (QED) is 0.744. The van der Waals surface area contributed by atoms with Gasteiger partial charge >= 0.3 is 5.97 Å². The zero-order valence-corrected chi connectivity index (χ0v) is 11.9. The van der Waals surface area contributed by atoms with Gasteiger partial charge in [-0.25, -0.2) is 4.79 Å². The van der Waals surface area contributed by atoms with Crippen LogP contribution in [0.5, 0.6) is 0 Å². The smallest absolute Gasteiger partial charge is 0.337 e. The highest BCUT2D eigenvalue weighted by Crippen LogP contribution is 2.62. The SMILES string of the molecule is COC1=CC(=O)OC1(O)C1(C)CC2OC1(C)C(=O)C2C. The van der Waals surface area contributed by atoms with Crippen molar-refractivity contribution in [3.63, 3.8) is 0 Å². The summed E-state index contributed by atoms with van der Waals surface area (Å²) in [4.78, 5) is 24.0. The lowest BCUT2D eigenvalue weighted by Gasteiger charge is -2.47. The molecule has 5 unspecified atom stereocenters. The van der Waals surface area contributed by atoms with Crippen LogP contribution in [-0.2, 0) is 23.8 Å². The summed E-state index contributed by atoms with van der Waals surface area (Å²) in [5, 5.41) is 10.9. The summed E-state index contributed by atoms with van der Waals surface area (Å²) in [6, 6.07) is 0. The van der Waals surface area contributed by atoms with Crippen LogP contribution < -0.4 is 0 Å². The number of aliphatic hydroxyl groups is 1.